The summed E-state index contributed by atoms with van der Waals surface area (Å²) in [5, 5.41) is 2.66. The number of rotatable bonds is 7. The third-order valence-electron chi connectivity index (χ3n) is 3.73. The number of anilines is 1. The van der Waals surface area contributed by atoms with E-state index in [1.807, 2.05) is 32.0 Å². The van der Waals surface area contributed by atoms with E-state index in [2.05, 4.69) is 5.32 Å². The number of ether oxygens (including phenoxy) is 1. The standard InChI is InChI=1S/C18H22N2O5S/c1-13-5-6-14(2)17(11-13)25-12-18(21)19-15-7-9-16(10-8-15)26(22,23)20(3)24-4/h5-11H,12H2,1-4H3,(H,19,21). The second-order valence-corrected chi connectivity index (χ2v) is 7.66. The minimum atomic E-state index is -3.72. The highest BCUT2D eigenvalue weighted by atomic mass is 32.2. The van der Waals surface area contributed by atoms with E-state index >= 15 is 0 Å². The molecule has 1 amide bonds. The number of amides is 1. The van der Waals surface area contributed by atoms with Crippen molar-refractivity contribution in [2.24, 2.45) is 0 Å². The Morgan fingerprint density at radius 3 is 2.38 bits per heavy atom. The molecule has 2 aromatic rings. The van der Waals surface area contributed by atoms with Crippen molar-refractivity contribution < 1.29 is 22.8 Å². The second-order valence-electron chi connectivity index (χ2n) is 5.73. The van der Waals surface area contributed by atoms with Gasteiger partial charge in [0, 0.05) is 12.7 Å². The molecule has 0 saturated carbocycles. The second kappa shape index (κ2) is 8.31. The molecular formula is C18H22N2O5S. The fraction of sp³-hybridized carbons (Fsp3) is 0.278. The van der Waals surface area contributed by atoms with Crippen LogP contribution in [-0.2, 0) is 19.7 Å². The molecule has 0 atom stereocenters. The van der Waals surface area contributed by atoms with E-state index < -0.39 is 10.0 Å². The van der Waals surface area contributed by atoms with Crippen LogP contribution in [0, 0.1) is 13.8 Å². The molecular weight excluding hydrogens is 356 g/mol. The summed E-state index contributed by atoms with van der Waals surface area (Å²) < 4.78 is 30.5. The Bertz CT molecular complexity index is 879. The van der Waals surface area contributed by atoms with Crippen molar-refractivity contribution in [3.8, 4) is 5.75 Å². The largest absolute Gasteiger partial charge is 0.483 e. The number of nitrogens with zero attached hydrogens (tertiary/aromatic N) is 1. The van der Waals surface area contributed by atoms with Crippen molar-refractivity contribution in [2.75, 3.05) is 26.1 Å². The Kier molecular flexibility index (Phi) is 6.36. The van der Waals surface area contributed by atoms with Crippen molar-refractivity contribution in [2.45, 2.75) is 18.7 Å². The average molecular weight is 378 g/mol. The predicted octanol–water partition coefficient (Wildman–Crippen LogP) is 2.50. The number of aryl methyl sites for hydroxylation is 2. The number of nitrogens with one attached hydrogen (secondary N) is 1. The van der Waals surface area contributed by atoms with Crippen LogP contribution >= 0.6 is 0 Å². The van der Waals surface area contributed by atoms with E-state index in [1.165, 1.54) is 38.4 Å². The average Bonchev–Trinajstić information content (AvgIpc) is 2.62. The van der Waals surface area contributed by atoms with Gasteiger partial charge in [-0.15, -0.1) is 0 Å². The van der Waals surface area contributed by atoms with Gasteiger partial charge in [0.05, 0.1) is 12.0 Å². The first kappa shape index (κ1) is 19.9. The minimum Gasteiger partial charge on any atom is -0.483 e. The molecule has 1 N–H and O–H groups in total. The molecule has 0 unspecified atom stereocenters. The van der Waals surface area contributed by atoms with Gasteiger partial charge in [-0.3, -0.25) is 9.63 Å². The van der Waals surface area contributed by atoms with Crippen LogP contribution in [0.1, 0.15) is 11.1 Å². The first-order valence-corrected chi connectivity index (χ1v) is 9.31. The van der Waals surface area contributed by atoms with Crippen LogP contribution in [-0.4, -0.2) is 39.6 Å². The number of hydroxylamine groups is 1. The molecule has 0 radical (unpaired) electrons. The lowest BCUT2D eigenvalue weighted by molar-refractivity contribution is -0.118. The van der Waals surface area contributed by atoms with Crippen LogP contribution in [0.3, 0.4) is 0 Å². The topological polar surface area (TPSA) is 84.9 Å². The number of hydrogen-bond donors (Lipinski definition) is 1. The smallest absolute Gasteiger partial charge is 0.264 e. The predicted molar refractivity (Wildman–Crippen MR) is 98.4 cm³/mol. The highest BCUT2D eigenvalue weighted by Gasteiger charge is 2.20. The molecule has 7 nitrogen and oxygen atoms in total. The zero-order valence-electron chi connectivity index (χ0n) is 15.1. The zero-order chi connectivity index (χ0) is 19.3. The van der Waals surface area contributed by atoms with Gasteiger partial charge in [0.1, 0.15) is 5.75 Å². The molecule has 0 heterocycles. The van der Waals surface area contributed by atoms with Gasteiger partial charge in [0.15, 0.2) is 6.61 Å². The van der Waals surface area contributed by atoms with Crippen molar-refractivity contribution >= 4 is 21.6 Å². The summed E-state index contributed by atoms with van der Waals surface area (Å²) in [6, 6.07) is 11.6. The number of carbonyl (C=O) groups excluding carboxylic acids is 1. The van der Waals surface area contributed by atoms with Crippen LogP contribution in [0.4, 0.5) is 5.69 Å². The summed E-state index contributed by atoms with van der Waals surface area (Å²) in [5.41, 5.74) is 2.46. The molecule has 0 bridgehead atoms. The van der Waals surface area contributed by atoms with Crippen LogP contribution in [0.15, 0.2) is 47.4 Å². The highest BCUT2D eigenvalue weighted by molar-refractivity contribution is 7.89. The maximum atomic E-state index is 12.1. The third-order valence-corrected chi connectivity index (χ3v) is 5.43. The summed E-state index contributed by atoms with van der Waals surface area (Å²) in [5.74, 6) is 0.319. The molecule has 2 aromatic carbocycles. The Hall–Kier alpha value is -2.42. The Labute approximate surface area is 153 Å². The highest BCUT2D eigenvalue weighted by Crippen LogP contribution is 2.20. The van der Waals surface area contributed by atoms with Gasteiger partial charge in [-0.05, 0) is 55.3 Å². The molecule has 0 aliphatic rings. The lowest BCUT2D eigenvalue weighted by atomic mass is 10.1. The summed E-state index contributed by atoms with van der Waals surface area (Å²) in [4.78, 5) is 16.8. The number of hydrogen-bond acceptors (Lipinski definition) is 5. The molecule has 0 aliphatic carbocycles. The summed E-state index contributed by atoms with van der Waals surface area (Å²) in [6.07, 6.45) is 0. The van der Waals surface area contributed by atoms with Crippen molar-refractivity contribution in [1.29, 1.82) is 0 Å². The first-order chi connectivity index (χ1) is 12.2. The lowest BCUT2D eigenvalue weighted by Gasteiger charge is -2.14. The number of carbonyl (C=O) groups is 1. The van der Waals surface area contributed by atoms with E-state index in [9.17, 15) is 13.2 Å². The SMILES string of the molecule is CON(C)S(=O)(=O)c1ccc(NC(=O)COc2cc(C)ccc2C)cc1. The fourth-order valence-electron chi connectivity index (χ4n) is 2.16. The van der Waals surface area contributed by atoms with Gasteiger partial charge in [0.2, 0.25) is 0 Å². The summed E-state index contributed by atoms with van der Waals surface area (Å²) in [7, 11) is -1.15. The van der Waals surface area contributed by atoms with E-state index in [-0.39, 0.29) is 17.4 Å². The molecule has 0 aromatic heterocycles. The van der Waals surface area contributed by atoms with Crippen LogP contribution in [0.5, 0.6) is 5.75 Å². The van der Waals surface area contributed by atoms with Crippen molar-refractivity contribution in [3.05, 3.63) is 53.6 Å². The number of sulfonamides is 1. The molecule has 0 fully saturated rings. The molecule has 0 aliphatic heterocycles. The quantitative estimate of drug-likeness (QED) is 0.749. The van der Waals surface area contributed by atoms with Crippen LogP contribution in [0.25, 0.3) is 0 Å². The minimum absolute atomic E-state index is 0.0616. The molecule has 26 heavy (non-hydrogen) atoms. The van der Waals surface area contributed by atoms with Gasteiger partial charge in [-0.2, -0.15) is 0 Å². The van der Waals surface area contributed by atoms with E-state index in [0.29, 0.717) is 11.4 Å². The third kappa shape index (κ3) is 4.81. The van der Waals surface area contributed by atoms with Crippen molar-refractivity contribution in [3.63, 3.8) is 0 Å². The maximum absolute atomic E-state index is 12.1. The monoisotopic (exact) mass is 378 g/mol. The van der Waals surface area contributed by atoms with Crippen LogP contribution < -0.4 is 10.1 Å². The molecule has 0 spiro atoms. The Balaban J connectivity index is 1.98. The van der Waals surface area contributed by atoms with E-state index in [4.69, 9.17) is 9.57 Å². The van der Waals surface area contributed by atoms with Crippen molar-refractivity contribution in [1.82, 2.24) is 4.47 Å². The summed E-state index contributed by atoms with van der Waals surface area (Å²) in [6.45, 7) is 3.71. The first-order valence-electron chi connectivity index (χ1n) is 7.87. The van der Waals surface area contributed by atoms with E-state index in [1.54, 1.807) is 0 Å². The number of benzene rings is 2. The molecule has 140 valence electrons. The van der Waals surface area contributed by atoms with Gasteiger partial charge >= 0.3 is 0 Å². The van der Waals surface area contributed by atoms with Gasteiger partial charge in [-0.25, -0.2) is 8.42 Å². The molecule has 8 heteroatoms. The molecule has 2 rings (SSSR count). The van der Waals surface area contributed by atoms with Gasteiger partial charge < -0.3 is 10.1 Å². The van der Waals surface area contributed by atoms with Crippen LogP contribution in [0.2, 0.25) is 0 Å². The van der Waals surface area contributed by atoms with Gasteiger partial charge in [-0.1, -0.05) is 16.6 Å². The zero-order valence-corrected chi connectivity index (χ0v) is 16.0. The lowest BCUT2D eigenvalue weighted by Crippen LogP contribution is -2.25. The summed E-state index contributed by atoms with van der Waals surface area (Å²) >= 11 is 0. The maximum Gasteiger partial charge on any atom is 0.264 e. The Morgan fingerprint density at radius 1 is 1.12 bits per heavy atom. The van der Waals surface area contributed by atoms with Gasteiger partial charge in [0.25, 0.3) is 15.9 Å². The molecule has 0 saturated heterocycles. The normalized spacial score (nSPS) is 11.4. The Morgan fingerprint density at radius 2 is 1.77 bits per heavy atom. The fourth-order valence-corrected chi connectivity index (χ4v) is 3.13. The van der Waals surface area contributed by atoms with E-state index in [0.717, 1.165) is 15.6 Å².